The predicted octanol–water partition coefficient (Wildman–Crippen LogP) is 4.04. The van der Waals surface area contributed by atoms with Crippen molar-refractivity contribution in [3.63, 3.8) is 0 Å². The topological polar surface area (TPSA) is 22.1 Å². The van der Waals surface area contributed by atoms with Crippen molar-refractivity contribution < 1.29 is 4.74 Å². The summed E-state index contributed by atoms with van der Waals surface area (Å²) in [7, 11) is 0. The molecule has 0 saturated carbocycles. The highest BCUT2D eigenvalue weighted by Gasteiger charge is 2.17. The molecule has 15 heavy (non-hydrogen) atoms. The average Bonchev–Trinajstić information content (AvgIpc) is 2.20. The molecule has 2 nitrogen and oxygen atoms in total. The third kappa shape index (κ3) is 3.54. The highest BCUT2D eigenvalue weighted by molar-refractivity contribution is 6.32. The highest BCUT2D eigenvalue weighted by Crippen LogP contribution is 2.24. The second-order valence-corrected chi connectivity index (χ2v) is 4.64. The fraction of sp³-hybridized carbons (Fsp3) is 0.545. The van der Waals surface area contributed by atoms with Crippen molar-refractivity contribution in [2.24, 2.45) is 0 Å². The van der Waals surface area contributed by atoms with E-state index in [1.54, 1.807) is 12.3 Å². The van der Waals surface area contributed by atoms with Gasteiger partial charge in [0, 0.05) is 18.1 Å². The van der Waals surface area contributed by atoms with E-state index in [-0.39, 0.29) is 5.60 Å². The van der Waals surface area contributed by atoms with E-state index in [4.69, 9.17) is 27.9 Å². The van der Waals surface area contributed by atoms with E-state index in [9.17, 15) is 0 Å². The fourth-order valence-corrected chi connectivity index (χ4v) is 1.43. The van der Waals surface area contributed by atoms with Crippen LogP contribution in [0.5, 0.6) is 5.88 Å². The number of nitrogens with zero attached hydrogens (tertiary/aromatic N) is 1. The summed E-state index contributed by atoms with van der Waals surface area (Å²) in [6.45, 7) is 6.10. The van der Waals surface area contributed by atoms with Gasteiger partial charge < -0.3 is 4.74 Å². The van der Waals surface area contributed by atoms with Gasteiger partial charge in [0.05, 0.1) is 5.02 Å². The van der Waals surface area contributed by atoms with Crippen LogP contribution >= 0.6 is 23.2 Å². The number of halogens is 2. The Bertz CT molecular complexity index is 339. The van der Waals surface area contributed by atoms with Crippen LogP contribution in [0.25, 0.3) is 0 Å². The molecule has 0 aliphatic heterocycles. The van der Waals surface area contributed by atoms with Crippen LogP contribution in [0.15, 0.2) is 12.3 Å². The summed E-state index contributed by atoms with van der Waals surface area (Å²) in [4.78, 5) is 4.11. The molecule has 1 aromatic heterocycles. The first-order valence-corrected chi connectivity index (χ1v) is 5.79. The number of pyridine rings is 1. The molecule has 0 spiro atoms. The maximum atomic E-state index is 5.90. The zero-order valence-electron chi connectivity index (χ0n) is 9.18. The van der Waals surface area contributed by atoms with Gasteiger partial charge in [-0.3, -0.25) is 0 Å². The summed E-state index contributed by atoms with van der Waals surface area (Å²) >= 11 is 11.6. The molecule has 0 N–H and O–H groups in total. The molecule has 84 valence electrons. The van der Waals surface area contributed by atoms with Crippen molar-refractivity contribution in [1.29, 1.82) is 0 Å². The molecule has 0 unspecified atom stereocenters. The van der Waals surface area contributed by atoms with Gasteiger partial charge in [-0.25, -0.2) is 4.98 Å². The monoisotopic (exact) mass is 247 g/mol. The van der Waals surface area contributed by atoms with Crippen LogP contribution < -0.4 is 4.74 Å². The van der Waals surface area contributed by atoms with Gasteiger partial charge in [0.25, 0.3) is 0 Å². The lowest BCUT2D eigenvalue weighted by molar-refractivity contribution is 0.0989. The standard InChI is InChI=1S/C11H15Cl2NO/c1-4-11(2,3)15-10-5-8(6-12)9(13)7-14-10/h5,7H,4,6H2,1-3H3. The zero-order valence-corrected chi connectivity index (χ0v) is 10.7. The molecule has 0 amide bonds. The summed E-state index contributed by atoms with van der Waals surface area (Å²) in [6.07, 6.45) is 2.48. The maximum Gasteiger partial charge on any atom is 0.214 e. The lowest BCUT2D eigenvalue weighted by Crippen LogP contribution is -2.27. The molecule has 1 aromatic rings. The first-order chi connectivity index (χ1) is 6.98. The normalized spacial score (nSPS) is 11.5. The van der Waals surface area contributed by atoms with Crippen molar-refractivity contribution in [1.82, 2.24) is 4.98 Å². The largest absolute Gasteiger partial charge is 0.472 e. The number of hydrogen-bond donors (Lipinski definition) is 0. The summed E-state index contributed by atoms with van der Waals surface area (Å²) in [5.41, 5.74) is 0.625. The van der Waals surface area contributed by atoms with Crippen LogP contribution in [0.2, 0.25) is 5.02 Å². The van der Waals surface area contributed by atoms with E-state index in [2.05, 4.69) is 11.9 Å². The second kappa shape index (κ2) is 5.04. The Labute approximate surface area is 101 Å². The van der Waals surface area contributed by atoms with Crippen molar-refractivity contribution in [2.45, 2.75) is 38.7 Å². The first-order valence-electron chi connectivity index (χ1n) is 4.88. The third-order valence-corrected chi connectivity index (χ3v) is 2.91. The predicted molar refractivity (Wildman–Crippen MR) is 63.8 cm³/mol. The quantitative estimate of drug-likeness (QED) is 0.750. The van der Waals surface area contributed by atoms with Gasteiger partial charge in [-0.1, -0.05) is 18.5 Å². The van der Waals surface area contributed by atoms with Crippen LogP contribution in [0.1, 0.15) is 32.8 Å². The lowest BCUT2D eigenvalue weighted by Gasteiger charge is -2.24. The van der Waals surface area contributed by atoms with Crippen LogP contribution in [0, 0.1) is 0 Å². The first kappa shape index (κ1) is 12.6. The zero-order chi connectivity index (χ0) is 11.5. The minimum absolute atomic E-state index is 0.218. The lowest BCUT2D eigenvalue weighted by atomic mass is 10.1. The number of alkyl halides is 1. The van der Waals surface area contributed by atoms with E-state index in [0.29, 0.717) is 16.8 Å². The Kier molecular flexibility index (Phi) is 4.23. The van der Waals surface area contributed by atoms with Gasteiger partial charge in [0.1, 0.15) is 5.60 Å². The number of aromatic nitrogens is 1. The fourth-order valence-electron chi connectivity index (χ4n) is 0.972. The van der Waals surface area contributed by atoms with Crippen molar-refractivity contribution in [3.05, 3.63) is 22.8 Å². The van der Waals surface area contributed by atoms with E-state index in [1.807, 2.05) is 13.8 Å². The molecule has 0 aliphatic carbocycles. The molecule has 4 heteroatoms. The molecule has 0 atom stereocenters. The Morgan fingerprint density at radius 3 is 2.67 bits per heavy atom. The summed E-state index contributed by atoms with van der Waals surface area (Å²) < 4.78 is 5.72. The van der Waals surface area contributed by atoms with Gasteiger partial charge in [-0.05, 0) is 25.8 Å². The molecule has 0 fully saturated rings. The summed E-state index contributed by atoms with van der Waals surface area (Å²) in [6, 6.07) is 1.78. The molecule has 0 bridgehead atoms. The SMILES string of the molecule is CCC(C)(C)Oc1cc(CCl)c(Cl)cn1. The smallest absolute Gasteiger partial charge is 0.214 e. The van der Waals surface area contributed by atoms with Gasteiger partial charge in [-0.2, -0.15) is 0 Å². The van der Waals surface area contributed by atoms with Gasteiger partial charge >= 0.3 is 0 Å². The summed E-state index contributed by atoms with van der Waals surface area (Å²) in [5, 5.41) is 0.576. The van der Waals surface area contributed by atoms with Gasteiger partial charge in [0.2, 0.25) is 5.88 Å². The average molecular weight is 248 g/mol. The molecular formula is C11H15Cl2NO. The van der Waals surface area contributed by atoms with Crippen molar-refractivity contribution in [3.8, 4) is 5.88 Å². The van der Waals surface area contributed by atoms with Crippen LogP contribution in [-0.2, 0) is 5.88 Å². The highest BCUT2D eigenvalue weighted by atomic mass is 35.5. The Hall–Kier alpha value is -0.470. The van der Waals surface area contributed by atoms with Crippen LogP contribution in [0.4, 0.5) is 0 Å². The van der Waals surface area contributed by atoms with E-state index >= 15 is 0 Å². The maximum absolute atomic E-state index is 5.90. The molecule has 0 radical (unpaired) electrons. The van der Waals surface area contributed by atoms with Gasteiger partial charge in [0.15, 0.2) is 0 Å². The minimum atomic E-state index is -0.218. The number of rotatable bonds is 4. The third-order valence-electron chi connectivity index (χ3n) is 2.29. The molecular weight excluding hydrogens is 233 g/mol. The molecule has 1 rings (SSSR count). The molecule has 1 heterocycles. The summed E-state index contributed by atoms with van der Waals surface area (Å²) in [5.74, 6) is 0.937. The van der Waals surface area contributed by atoms with Crippen LogP contribution in [0.3, 0.4) is 0 Å². The minimum Gasteiger partial charge on any atom is -0.472 e. The number of ether oxygens (including phenoxy) is 1. The van der Waals surface area contributed by atoms with Crippen molar-refractivity contribution in [2.75, 3.05) is 0 Å². The van der Waals surface area contributed by atoms with E-state index in [1.165, 1.54) is 0 Å². The van der Waals surface area contributed by atoms with Crippen molar-refractivity contribution >= 4 is 23.2 Å². The molecule has 0 aliphatic rings. The molecule has 0 saturated heterocycles. The Morgan fingerprint density at radius 2 is 2.13 bits per heavy atom. The molecule has 0 aromatic carbocycles. The Balaban J connectivity index is 2.87. The van der Waals surface area contributed by atoms with Crippen LogP contribution in [-0.4, -0.2) is 10.6 Å². The van der Waals surface area contributed by atoms with Gasteiger partial charge in [-0.15, -0.1) is 11.6 Å². The number of hydrogen-bond acceptors (Lipinski definition) is 2. The second-order valence-electron chi connectivity index (χ2n) is 3.96. The van der Waals surface area contributed by atoms with E-state index in [0.717, 1.165) is 12.0 Å². The Morgan fingerprint density at radius 1 is 1.47 bits per heavy atom. The van der Waals surface area contributed by atoms with E-state index < -0.39 is 0 Å².